The fraction of sp³-hybridized carbons (Fsp3) is 0.733. The van der Waals surface area contributed by atoms with E-state index in [1.807, 2.05) is 6.07 Å². The molecule has 1 heterocycles. The predicted octanol–water partition coefficient (Wildman–Crippen LogP) is 4.99. The van der Waals surface area contributed by atoms with Gasteiger partial charge in [-0.2, -0.15) is 0 Å². The van der Waals surface area contributed by atoms with E-state index < -0.39 is 0 Å². The maximum absolute atomic E-state index is 5.94. The van der Waals surface area contributed by atoms with E-state index in [0.717, 1.165) is 29.1 Å². The highest BCUT2D eigenvalue weighted by Gasteiger charge is 2.12. The van der Waals surface area contributed by atoms with Gasteiger partial charge in [0.05, 0.1) is 4.34 Å². The Morgan fingerprint density at radius 3 is 2.17 bits per heavy atom. The standard InChI is InChI=1S/C15H26ClNS/c1-11(2)9-13(10-12(3)4)17-8-7-14-5-6-15(16)18-14/h5-6,11-13,17H,7-10H2,1-4H3. The lowest BCUT2D eigenvalue weighted by Crippen LogP contribution is -2.33. The maximum atomic E-state index is 5.94. The van der Waals surface area contributed by atoms with E-state index in [1.165, 1.54) is 17.7 Å². The lowest BCUT2D eigenvalue weighted by atomic mass is 9.95. The van der Waals surface area contributed by atoms with E-state index in [4.69, 9.17) is 11.6 Å². The minimum atomic E-state index is 0.653. The van der Waals surface area contributed by atoms with E-state index in [1.54, 1.807) is 11.3 Å². The Morgan fingerprint density at radius 1 is 1.11 bits per heavy atom. The first-order valence-corrected chi connectivity index (χ1v) is 8.14. The minimum absolute atomic E-state index is 0.653. The third-order valence-corrected chi connectivity index (χ3v) is 4.24. The van der Waals surface area contributed by atoms with Gasteiger partial charge >= 0.3 is 0 Å². The molecular weight excluding hydrogens is 262 g/mol. The van der Waals surface area contributed by atoms with Crippen LogP contribution >= 0.6 is 22.9 Å². The fourth-order valence-corrected chi connectivity index (χ4v) is 3.37. The van der Waals surface area contributed by atoms with Gasteiger partial charge in [0, 0.05) is 17.5 Å². The largest absolute Gasteiger partial charge is 0.314 e. The molecule has 1 aromatic rings. The number of rotatable bonds is 8. The summed E-state index contributed by atoms with van der Waals surface area (Å²) in [6.45, 7) is 10.3. The highest BCUT2D eigenvalue weighted by molar-refractivity contribution is 7.16. The molecule has 0 aliphatic rings. The zero-order valence-corrected chi connectivity index (χ0v) is 13.6. The van der Waals surface area contributed by atoms with Crippen molar-refractivity contribution in [1.29, 1.82) is 0 Å². The van der Waals surface area contributed by atoms with Crippen LogP contribution in [-0.4, -0.2) is 12.6 Å². The molecule has 1 aromatic heterocycles. The van der Waals surface area contributed by atoms with Crippen molar-refractivity contribution in [2.75, 3.05) is 6.54 Å². The van der Waals surface area contributed by atoms with E-state index >= 15 is 0 Å². The summed E-state index contributed by atoms with van der Waals surface area (Å²) in [4.78, 5) is 1.38. The van der Waals surface area contributed by atoms with Gasteiger partial charge in [-0.1, -0.05) is 39.3 Å². The molecule has 1 rings (SSSR count). The number of hydrogen-bond donors (Lipinski definition) is 1. The Labute approximate surface area is 121 Å². The molecule has 0 amide bonds. The first kappa shape index (κ1) is 16.0. The van der Waals surface area contributed by atoms with Crippen molar-refractivity contribution in [1.82, 2.24) is 5.32 Å². The normalized spacial score (nSPS) is 12.0. The number of hydrogen-bond acceptors (Lipinski definition) is 2. The van der Waals surface area contributed by atoms with Crippen LogP contribution in [0.25, 0.3) is 0 Å². The second-order valence-electron chi connectivity index (χ2n) is 5.87. The molecular formula is C15H26ClNS. The molecule has 0 spiro atoms. The molecule has 0 aliphatic carbocycles. The topological polar surface area (TPSA) is 12.0 Å². The van der Waals surface area contributed by atoms with Crippen molar-refractivity contribution in [3.8, 4) is 0 Å². The lowest BCUT2D eigenvalue weighted by molar-refractivity contribution is 0.362. The molecule has 0 bridgehead atoms. The van der Waals surface area contributed by atoms with Crippen LogP contribution < -0.4 is 5.32 Å². The number of halogens is 1. The molecule has 18 heavy (non-hydrogen) atoms. The summed E-state index contributed by atoms with van der Waals surface area (Å²) in [6, 6.07) is 4.77. The summed E-state index contributed by atoms with van der Waals surface area (Å²) in [6.07, 6.45) is 3.62. The van der Waals surface area contributed by atoms with Crippen molar-refractivity contribution in [2.24, 2.45) is 11.8 Å². The molecule has 0 aromatic carbocycles. The lowest BCUT2D eigenvalue weighted by Gasteiger charge is -2.22. The van der Waals surface area contributed by atoms with Gasteiger partial charge in [-0.05, 0) is 43.2 Å². The van der Waals surface area contributed by atoms with E-state index in [9.17, 15) is 0 Å². The van der Waals surface area contributed by atoms with Crippen molar-refractivity contribution in [3.63, 3.8) is 0 Å². The zero-order chi connectivity index (χ0) is 13.5. The smallest absolute Gasteiger partial charge is 0.0931 e. The van der Waals surface area contributed by atoms with Crippen molar-refractivity contribution in [3.05, 3.63) is 21.3 Å². The highest BCUT2D eigenvalue weighted by atomic mass is 35.5. The van der Waals surface area contributed by atoms with Crippen LogP contribution in [0.4, 0.5) is 0 Å². The minimum Gasteiger partial charge on any atom is -0.314 e. The molecule has 0 fully saturated rings. The maximum Gasteiger partial charge on any atom is 0.0931 e. The molecule has 0 radical (unpaired) electrons. The van der Waals surface area contributed by atoms with Gasteiger partial charge in [-0.25, -0.2) is 0 Å². The molecule has 0 atom stereocenters. The predicted molar refractivity (Wildman–Crippen MR) is 83.7 cm³/mol. The van der Waals surface area contributed by atoms with Gasteiger partial charge in [-0.3, -0.25) is 0 Å². The number of thiophene rings is 1. The first-order valence-electron chi connectivity index (χ1n) is 6.95. The van der Waals surface area contributed by atoms with Gasteiger partial charge in [0.2, 0.25) is 0 Å². The van der Waals surface area contributed by atoms with Crippen molar-refractivity contribution in [2.45, 2.75) is 53.0 Å². The van der Waals surface area contributed by atoms with Crippen LogP contribution in [0.2, 0.25) is 4.34 Å². The second kappa shape index (κ2) is 8.19. The Kier molecular flexibility index (Phi) is 7.28. The molecule has 0 aliphatic heterocycles. The van der Waals surface area contributed by atoms with Crippen molar-refractivity contribution >= 4 is 22.9 Å². The van der Waals surface area contributed by atoms with Gasteiger partial charge in [-0.15, -0.1) is 11.3 Å². The van der Waals surface area contributed by atoms with Gasteiger partial charge < -0.3 is 5.32 Å². The third kappa shape index (κ3) is 6.77. The summed E-state index contributed by atoms with van der Waals surface area (Å²) in [7, 11) is 0. The Morgan fingerprint density at radius 2 is 1.72 bits per heavy atom. The van der Waals surface area contributed by atoms with Crippen LogP contribution in [-0.2, 0) is 6.42 Å². The van der Waals surface area contributed by atoms with E-state index in [0.29, 0.717) is 6.04 Å². The van der Waals surface area contributed by atoms with Gasteiger partial charge in [0.25, 0.3) is 0 Å². The average Bonchev–Trinajstić information content (AvgIpc) is 2.62. The average molecular weight is 288 g/mol. The molecule has 1 N–H and O–H groups in total. The quantitative estimate of drug-likeness (QED) is 0.710. The van der Waals surface area contributed by atoms with Crippen molar-refractivity contribution < 1.29 is 0 Å². The fourth-order valence-electron chi connectivity index (χ4n) is 2.29. The summed E-state index contributed by atoms with van der Waals surface area (Å²) < 4.78 is 0.894. The molecule has 0 unspecified atom stereocenters. The summed E-state index contributed by atoms with van der Waals surface area (Å²) in [5.41, 5.74) is 0. The zero-order valence-electron chi connectivity index (χ0n) is 12.0. The van der Waals surface area contributed by atoms with Crippen LogP contribution in [0.1, 0.15) is 45.4 Å². The van der Waals surface area contributed by atoms with E-state index in [-0.39, 0.29) is 0 Å². The monoisotopic (exact) mass is 287 g/mol. The van der Waals surface area contributed by atoms with E-state index in [2.05, 4.69) is 39.1 Å². The molecule has 1 nitrogen and oxygen atoms in total. The second-order valence-corrected chi connectivity index (χ2v) is 7.67. The molecule has 104 valence electrons. The number of nitrogens with one attached hydrogen (secondary N) is 1. The third-order valence-electron chi connectivity index (χ3n) is 2.95. The molecule has 0 saturated heterocycles. The highest BCUT2D eigenvalue weighted by Crippen LogP contribution is 2.21. The van der Waals surface area contributed by atoms with Crippen LogP contribution in [0.3, 0.4) is 0 Å². The SMILES string of the molecule is CC(C)CC(CC(C)C)NCCc1ccc(Cl)s1. The molecule has 0 saturated carbocycles. The summed E-state index contributed by atoms with van der Waals surface area (Å²) in [5.74, 6) is 1.52. The Balaban J connectivity index is 2.32. The van der Waals surface area contributed by atoms with Crippen LogP contribution in [0, 0.1) is 11.8 Å². The summed E-state index contributed by atoms with van der Waals surface area (Å²) in [5, 5.41) is 3.70. The molecule has 3 heteroatoms. The first-order chi connectivity index (χ1) is 8.47. The van der Waals surface area contributed by atoms with Gasteiger partial charge in [0.15, 0.2) is 0 Å². The Bertz CT molecular complexity index is 323. The van der Waals surface area contributed by atoms with Crippen LogP contribution in [0.5, 0.6) is 0 Å². The van der Waals surface area contributed by atoms with Gasteiger partial charge in [0.1, 0.15) is 0 Å². The Hall–Kier alpha value is -0.0500. The summed E-state index contributed by atoms with van der Waals surface area (Å²) >= 11 is 7.63. The van der Waals surface area contributed by atoms with Crippen LogP contribution in [0.15, 0.2) is 12.1 Å².